The van der Waals surface area contributed by atoms with Gasteiger partial charge >= 0.3 is 0 Å². The van der Waals surface area contributed by atoms with E-state index >= 15 is 0 Å². The van der Waals surface area contributed by atoms with Gasteiger partial charge in [-0.25, -0.2) is 0 Å². The SMILES string of the molecule is CS[C@@]1(c2ccccc2)SCCS[C@]1(SC)c1ccccc1. The van der Waals surface area contributed by atoms with Crippen LogP contribution in [-0.2, 0) is 8.16 Å². The van der Waals surface area contributed by atoms with Gasteiger partial charge in [0.05, 0.1) is 0 Å². The highest BCUT2D eigenvalue weighted by Crippen LogP contribution is 2.69. The Balaban J connectivity index is 2.21. The van der Waals surface area contributed by atoms with Crippen LogP contribution in [0, 0.1) is 0 Å². The van der Waals surface area contributed by atoms with Crippen LogP contribution < -0.4 is 0 Å². The van der Waals surface area contributed by atoms with Crippen molar-refractivity contribution in [3.8, 4) is 0 Å². The molecule has 1 saturated heterocycles. The molecule has 0 nitrogen and oxygen atoms in total. The summed E-state index contributed by atoms with van der Waals surface area (Å²) in [7, 11) is 0. The molecule has 0 saturated carbocycles. The van der Waals surface area contributed by atoms with Crippen molar-refractivity contribution in [3.05, 3.63) is 71.8 Å². The van der Waals surface area contributed by atoms with Gasteiger partial charge in [-0.15, -0.1) is 47.0 Å². The zero-order valence-electron chi connectivity index (χ0n) is 12.8. The van der Waals surface area contributed by atoms with Crippen LogP contribution in [0.15, 0.2) is 60.7 Å². The third-order valence-corrected chi connectivity index (χ3v) is 11.4. The lowest BCUT2D eigenvalue weighted by Gasteiger charge is -2.51. The maximum absolute atomic E-state index is 2.29. The molecule has 1 aliphatic heterocycles. The molecule has 116 valence electrons. The van der Waals surface area contributed by atoms with E-state index in [9.17, 15) is 0 Å². The van der Waals surface area contributed by atoms with Gasteiger partial charge in [0.1, 0.15) is 8.16 Å². The Bertz CT molecular complexity index is 545. The van der Waals surface area contributed by atoms with E-state index in [-0.39, 0.29) is 8.16 Å². The molecule has 0 unspecified atom stereocenters. The second kappa shape index (κ2) is 7.16. The van der Waals surface area contributed by atoms with Crippen LogP contribution in [0.3, 0.4) is 0 Å². The minimum absolute atomic E-state index is 0.0396. The predicted molar refractivity (Wildman–Crippen MR) is 108 cm³/mol. The summed E-state index contributed by atoms with van der Waals surface area (Å²) in [6, 6.07) is 22.1. The largest absolute Gasteiger partial charge is 0.140 e. The van der Waals surface area contributed by atoms with Crippen LogP contribution in [-0.4, -0.2) is 24.0 Å². The lowest BCUT2D eigenvalue weighted by atomic mass is 10.0. The summed E-state index contributed by atoms with van der Waals surface area (Å²) in [6.45, 7) is 0. The molecule has 4 heteroatoms. The summed E-state index contributed by atoms with van der Waals surface area (Å²) in [4.78, 5) is 0. The molecule has 22 heavy (non-hydrogen) atoms. The van der Waals surface area contributed by atoms with E-state index < -0.39 is 0 Å². The van der Waals surface area contributed by atoms with Crippen molar-refractivity contribution in [2.24, 2.45) is 0 Å². The number of rotatable bonds is 4. The highest BCUT2D eigenvalue weighted by Gasteiger charge is 2.56. The quantitative estimate of drug-likeness (QED) is 0.662. The number of thioether (sulfide) groups is 4. The van der Waals surface area contributed by atoms with E-state index in [1.54, 1.807) is 0 Å². The molecule has 2 aromatic rings. The molecule has 0 N–H and O–H groups in total. The van der Waals surface area contributed by atoms with Gasteiger partial charge in [0, 0.05) is 11.5 Å². The van der Waals surface area contributed by atoms with Crippen molar-refractivity contribution in [1.29, 1.82) is 0 Å². The molecule has 0 radical (unpaired) electrons. The number of benzene rings is 2. The van der Waals surface area contributed by atoms with E-state index in [4.69, 9.17) is 0 Å². The predicted octanol–water partition coefficient (Wildman–Crippen LogP) is 5.90. The molecule has 1 fully saturated rings. The second-order valence-electron chi connectivity index (χ2n) is 5.07. The Morgan fingerprint density at radius 1 is 0.682 bits per heavy atom. The maximum atomic E-state index is 2.29. The highest BCUT2D eigenvalue weighted by atomic mass is 32.2. The Kier molecular flexibility index (Phi) is 5.43. The summed E-state index contributed by atoms with van der Waals surface area (Å²) in [5.74, 6) is 2.41. The van der Waals surface area contributed by atoms with Gasteiger partial charge in [-0.2, -0.15) is 0 Å². The smallest absolute Gasteiger partial charge is 0.114 e. The van der Waals surface area contributed by atoms with E-state index in [2.05, 4.69) is 96.7 Å². The third-order valence-electron chi connectivity index (χ3n) is 4.01. The normalized spacial score (nSPS) is 28.5. The van der Waals surface area contributed by atoms with E-state index in [1.807, 2.05) is 23.5 Å². The van der Waals surface area contributed by atoms with E-state index in [0.29, 0.717) is 0 Å². The summed E-state index contributed by atoms with van der Waals surface area (Å²) < 4.78 is 0.0793. The lowest BCUT2D eigenvalue weighted by Crippen LogP contribution is -2.43. The molecule has 0 aromatic heterocycles. The van der Waals surface area contributed by atoms with Gasteiger partial charge < -0.3 is 0 Å². The van der Waals surface area contributed by atoms with Crippen LogP contribution in [0.25, 0.3) is 0 Å². The average molecular weight is 365 g/mol. The molecule has 2 atom stereocenters. The van der Waals surface area contributed by atoms with Crippen molar-refractivity contribution in [2.45, 2.75) is 8.16 Å². The molecule has 1 aliphatic rings. The molecule has 1 heterocycles. The van der Waals surface area contributed by atoms with E-state index in [1.165, 1.54) is 22.6 Å². The fourth-order valence-electron chi connectivity index (χ4n) is 3.04. The molecular weight excluding hydrogens is 344 g/mol. The Hall–Kier alpha value is -0.160. The summed E-state index contributed by atoms with van der Waals surface area (Å²) >= 11 is 8.21. The monoisotopic (exact) mass is 364 g/mol. The first kappa shape index (κ1) is 16.7. The van der Waals surface area contributed by atoms with Gasteiger partial charge in [0.2, 0.25) is 0 Å². The molecule has 2 aromatic carbocycles. The molecule has 0 bridgehead atoms. The molecule has 0 amide bonds. The van der Waals surface area contributed by atoms with Crippen LogP contribution in [0.2, 0.25) is 0 Å². The van der Waals surface area contributed by atoms with Gasteiger partial charge in [-0.1, -0.05) is 60.7 Å². The van der Waals surface area contributed by atoms with Crippen LogP contribution in [0.5, 0.6) is 0 Å². The summed E-state index contributed by atoms with van der Waals surface area (Å²) in [5, 5.41) is 0. The van der Waals surface area contributed by atoms with Crippen molar-refractivity contribution in [3.63, 3.8) is 0 Å². The zero-order valence-corrected chi connectivity index (χ0v) is 16.1. The van der Waals surface area contributed by atoms with Crippen molar-refractivity contribution < 1.29 is 0 Å². The van der Waals surface area contributed by atoms with Gasteiger partial charge in [0.15, 0.2) is 0 Å². The Labute approximate surface area is 150 Å². The molecule has 0 aliphatic carbocycles. The minimum Gasteiger partial charge on any atom is -0.140 e. The van der Waals surface area contributed by atoms with Gasteiger partial charge in [-0.3, -0.25) is 0 Å². The minimum atomic E-state index is 0.0396. The average Bonchev–Trinajstić information content (AvgIpc) is 2.63. The first-order valence-electron chi connectivity index (χ1n) is 7.28. The van der Waals surface area contributed by atoms with E-state index in [0.717, 1.165) is 0 Å². The Morgan fingerprint density at radius 2 is 1.05 bits per heavy atom. The van der Waals surface area contributed by atoms with Crippen molar-refractivity contribution >= 4 is 47.0 Å². The van der Waals surface area contributed by atoms with Gasteiger partial charge in [-0.05, 0) is 23.6 Å². The second-order valence-corrected chi connectivity index (χ2v) is 10.2. The van der Waals surface area contributed by atoms with Crippen LogP contribution in [0.1, 0.15) is 11.1 Å². The molecule has 3 rings (SSSR count). The van der Waals surface area contributed by atoms with Gasteiger partial charge in [0.25, 0.3) is 0 Å². The highest BCUT2D eigenvalue weighted by molar-refractivity contribution is 8.25. The van der Waals surface area contributed by atoms with Crippen molar-refractivity contribution in [1.82, 2.24) is 0 Å². The van der Waals surface area contributed by atoms with Crippen LogP contribution >= 0.6 is 47.0 Å². The number of hydrogen-bond acceptors (Lipinski definition) is 4. The summed E-state index contributed by atoms with van der Waals surface area (Å²) in [6.07, 6.45) is 4.53. The Morgan fingerprint density at radius 3 is 1.36 bits per heavy atom. The molecular formula is C18H20S4. The zero-order chi connectivity index (χ0) is 15.5. The lowest BCUT2D eigenvalue weighted by molar-refractivity contribution is 0.778. The standard InChI is InChI=1S/C18H20S4/c1-19-17(15-9-5-3-6-10-15)18(20-2,22-14-13-21-17)16-11-7-4-8-12-16/h3-12H,13-14H2,1-2H3/t17-,18+. The first-order valence-corrected chi connectivity index (χ1v) is 11.7. The number of hydrogen-bond donors (Lipinski definition) is 0. The molecule has 0 spiro atoms. The topological polar surface area (TPSA) is 0 Å². The fourth-order valence-corrected chi connectivity index (χ4v) is 10.2. The summed E-state index contributed by atoms with van der Waals surface area (Å²) in [5.41, 5.74) is 2.86. The first-order chi connectivity index (χ1) is 10.8. The fraction of sp³-hybridized carbons (Fsp3) is 0.333. The maximum Gasteiger partial charge on any atom is 0.114 e. The van der Waals surface area contributed by atoms with Crippen molar-refractivity contribution in [2.75, 3.05) is 24.0 Å². The van der Waals surface area contributed by atoms with Crippen LogP contribution in [0.4, 0.5) is 0 Å². The third kappa shape index (κ3) is 2.62.